The van der Waals surface area contributed by atoms with Gasteiger partial charge in [0.25, 0.3) is 0 Å². The molecule has 0 aliphatic heterocycles. The first-order chi connectivity index (χ1) is 8.76. The molecule has 0 radical (unpaired) electrons. The van der Waals surface area contributed by atoms with Gasteiger partial charge in [-0.05, 0) is 37.0 Å². The fourth-order valence-corrected chi connectivity index (χ4v) is 2.69. The fraction of sp³-hybridized carbons (Fsp3) is 0.333. The van der Waals surface area contributed by atoms with Crippen LogP contribution in [0.25, 0.3) is 0 Å². The summed E-state index contributed by atoms with van der Waals surface area (Å²) in [5.41, 5.74) is 10.5. The van der Waals surface area contributed by atoms with Gasteiger partial charge in [0.15, 0.2) is 0 Å². The highest BCUT2D eigenvalue weighted by atomic mass is 14.9. The van der Waals surface area contributed by atoms with Crippen LogP contribution in [0.1, 0.15) is 34.3 Å². The number of nitrogens with zero attached hydrogens (tertiary/aromatic N) is 2. The maximum absolute atomic E-state index is 5.68. The second-order valence-electron chi connectivity index (χ2n) is 4.94. The molecule has 0 spiro atoms. The van der Waals surface area contributed by atoms with E-state index in [2.05, 4.69) is 34.2 Å². The first kappa shape index (κ1) is 11.4. The van der Waals surface area contributed by atoms with Crippen molar-refractivity contribution in [1.29, 1.82) is 0 Å². The topological polar surface area (TPSA) is 51.8 Å². The van der Waals surface area contributed by atoms with E-state index in [4.69, 9.17) is 5.73 Å². The van der Waals surface area contributed by atoms with Crippen molar-refractivity contribution in [2.75, 3.05) is 0 Å². The van der Waals surface area contributed by atoms with Crippen LogP contribution in [0.5, 0.6) is 0 Å². The molecule has 1 aromatic heterocycles. The molecule has 1 aliphatic rings. The van der Waals surface area contributed by atoms with Gasteiger partial charge < -0.3 is 5.73 Å². The molecular formula is C15H17N3. The van der Waals surface area contributed by atoms with Crippen molar-refractivity contribution in [2.45, 2.75) is 32.2 Å². The summed E-state index contributed by atoms with van der Waals surface area (Å²) in [6, 6.07) is 10.6. The Morgan fingerprint density at radius 3 is 2.44 bits per heavy atom. The molecule has 18 heavy (non-hydrogen) atoms. The molecule has 0 atom stereocenters. The molecule has 3 heteroatoms. The molecule has 2 N–H and O–H groups in total. The van der Waals surface area contributed by atoms with Gasteiger partial charge in [0.1, 0.15) is 5.82 Å². The minimum absolute atomic E-state index is 0.410. The maximum Gasteiger partial charge on any atom is 0.132 e. The number of nitrogens with two attached hydrogens (primary N) is 1. The number of fused-ring (bicyclic) bond motifs is 1. The van der Waals surface area contributed by atoms with Gasteiger partial charge in [-0.15, -0.1) is 0 Å². The van der Waals surface area contributed by atoms with Crippen LogP contribution in [0.2, 0.25) is 0 Å². The Morgan fingerprint density at radius 1 is 1.17 bits per heavy atom. The van der Waals surface area contributed by atoms with Crippen LogP contribution in [-0.2, 0) is 19.4 Å². The molecule has 0 bridgehead atoms. The van der Waals surface area contributed by atoms with Crippen molar-refractivity contribution >= 4 is 0 Å². The molecule has 1 aromatic carbocycles. The lowest BCUT2D eigenvalue weighted by molar-refractivity contribution is 0.669. The first-order valence-electron chi connectivity index (χ1n) is 6.37. The van der Waals surface area contributed by atoms with E-state index in [-0.39, 0.29) is 0 Å². The molecule has 3 rings (SSSR count). The van der Waals surface area contributed by atoms with E-state index in [9.17, 15) is 0 Å². The van der Waals surface area contributed by atoms with Crippen molar-refractivity contribution in [3.63, 3.8) is 0 Å². The zero-order chi connectivity index (χ0) is 12.5. The molecule has 92 valence electrons. The molecule has 2 aromatic rings. The summed E-state index contributed by atoms with van der Waals surface area (Å²) in [5.74, 6) is 1.36. The van der Waals surface area contributed by atoms with E-state index in [0.717, 1.165) is 30.1 Å². The van der Waals surface area contributed by atoms with Crippen LogP contribution >= 0.6 is 0 Å². The lowest BCUT2D eigenvalue weighted by Gasteiger charge is -2.10. The second-order valence-corrected chi connectivity index (χ2v) is 4.94. The first-order valence-corrected chi connectivity index (χ1v) is 6.37. The summed E-state index contributed by atoms with van der Waals surface area (Å²) in [4.78, 5) is 9.16. The average Bonchev–Trinajstić information content (AvgIpc) is 2.81. The Hall–Kier alpha value is -1.74. The van der Waals surface area contributed by atoms with Crippen molar-refractivity contribution in [1.82, 2.24) is 9.97 Å². The molecule has 1 heterocycles. The van der Waals surface area contributed by atoms with Crippen molar-refractivity contribution in [3.8, 4) is 0 Å². The van der Waals surface area contributed by atoms with Gasteiger partial charge in [-0.2, -0.15) is 0 Å². The third-order valence-electron chi connectivity index (χ3n) is 3.55. The maximum atomic E-state index is 5.68. The summed E-state index contributed by atoms with van der Waals surface area (Å²) >= 11 is 0. The van der Waals surface area contributed by atoms with E-state index in [1.165, 1.54) is 11.1 Å². The Bertz CT molecular complexity index is 553. The average molecular weight is 239 g/mol. The number of hydrogen-bond donors (Lipinski definition) is 1. The van der Waals surface area contributed by atoms with Crippen LogP contribution in [0, 0.1) is 6.92 Å². The standard InChI is InChI=1S/C15H17N3/c1-10-6-14(9-16)18-15(17-10)13-7-11-4-2-3-5-12(11)8-13/h2-6,13H,7-9,16H2,1H3. The van der Waals surface area contributed by atoms with Gasteiger partial charge in [0, 0.05) is 18.2 Å². The predicted octanol–water partition coefficient (Wildman–Crippen LogP) is 2.13. The predicted molar refractivity (Wildman–Crippen MR) is 71.3 cm³/mol. The quantitative estimate of drug-likeness (QED) is 0.873. The molecular weight excluding hydrogens is 222 g/mol. The fourth-order valence-electron chi connectivity index (χ4n) is 2.69. The monoisotopic (exact) mass is 239 g/mol. The number of hydrogen-bond acceptors (Lipinski definition) is 3. The van der Waals surface area contributed by atoms with Crippen molar-refractivity contribution < 1.29 is 0 Å². The molecule has 1 aliphatic carbocycles. The van der Waals surface area contributed by atoms with Crippen LogP contribution in [0.3, 0.4) is 0 Å². The molecule has 0 saturated carbocycles. The van der Waals surface area contributed by atoms with Gasteiger partial charge >= 0.3 is 0 Å². The molecule has 0 fully saturated rings. The van der Waals surface area contributed by atoms with Crippen LogP contribution in [-0.4, -0.2) is 9.97 Å². The number of aromatic nitrogens is 2. The molecule has 3 nitrogen and oxygen atoms in total. The Morgan fingerprint density at radius 2 is 1.83 bits per heavy atom. The minimum atomic E-state index is 0.410. The van der Waals surface area contributed by atoms with Crippen LogP contribution in [0.15, 0.2) is 30.3 Å². The lowest BCUT2D eigenvalue weighted by Crippen LogP contribution is -2.10. The van der Waals surface area contributed by atoms with Crippen molar-refractivity contribution in [3.05, 3.63) is 58.7 Å². The zero-order valence-corrected chi connectivity index (χ0v) is 10.6. The Balaban J connectivity index is 1.92. The molecule has 0 amide bonds. The Labute approximate surface area is 107 Å². The number of benzene rings is 1. The summed E-state index contributed by atoms with van der Waals surface area (Å²) in [6.45, 7) is 2.49. The van der Waals surface area contributed by atoms with E-state index >= 15 is 0 Å². The van der Waals surface area contributed by atoms with Gasteiger partial charge in [0.2, 0.25) is 0 Å². The SMILES string of the molecule is Cc1cc(CN)nc(C2Cc3ccccc3C2)n1. The third-order valence-corrected chi connectivity index (χ3v) is 3.55. The highest BCUT2D eigenvalue weighted by molar-refractivity contribution is 5.35. The summed E-state index contributed by atoms with van der Waals surface area (Å²) in [7, 11) is 0. The summed E-state index contributed by atoms with van der Waals surface area (Å²) in [5, 5.41) is 0. The summed E-state index contributed by atoms with van der Waals surface area (Å²) in [6.07, 6.45) is 2.09. The molecule has 0 saturated heterocycles. The van der Waals surface area contributed by atoms with Crippen molar-refractivity contribution in [2.24, 2.45) is 5.73 Å². The Kier molecular flexibility index (Phi) is 2.84. The van der Waals surface area contributed by atoms with E-state index < -0.39 is 0 Å². The largest absolute Gasteiger partial charge is 0.325 e. The molecule has 0 unspecified atom stereocenters. The summed E-state index contributed by atoms with van der Waals surface area (Å²) < 4.78 is 0. The van der Waals surface area contributed by atoms with E-state index in [1.54, 1.807) is 0 Å². The highest BCUT2D eigenvalue weighted by Gasteiger charge is 2.24. The number of rotatable bonds is 2. The van der Waals surface area contributed by atoms with Crippen LogP contribution in [0.4, 0.5) is 0 Å². The van der Waals surface area contributed by atoms with E-state index in [1.807, 2.05) is 13.0 Å². The van der Waals surface area contributed by atoms with Gasteiger partial charge in [0.05, 0.1) is 5.69 Å². The van der Waals surface area contributed by atoms with Gasteiger partial charge in [-0.1, -0.05) is 24.3 Å². The smallest absolute Gasteiger partial charge is 0.132 e. The van der Waals surface area contributed by atoms with Gasteiger partial charge in [-0.3, -0.25) is 0 Å². The minimum Gasteiger partial charge on any atom is -0.325 e. The third kappa shape index (κ3) is 2.02. The highest BCUT2D eigenvalue weighted by Crippen LogP contribution is 2.32. The van der Waals surface area contributed by atoms with Crippen LogP contribution < -0.4 is 5.73 Å². The van der Waals surface area contributed by atoms with Gasteiger partial charge in [-0.25, -0.2) is 9.97 Å². The zero-order valence-electron chi connectivity index (χ0n) is 10.6. The normalized spacial score (nSPS) is 14.8. The lowest BCUT2D eigenvalue weighted by atomic mass is 10.1. The number of aryl methyl sites for hydroxylation is 1. The van der Waals surface area contributed by atoms with E-state index in [0.29, 0.717) is 12.5 Å². The second kappa shape index (κ2) is 4.50.